The van der Waals surface area contributed by atoms with Gasteiger partial charge < -0.3 is 0 Å². The Balaban J connectivity index is 3.14. The lowest BCUT2D eigenvalue weighted by Crippen LogP contribution is -2.03. The molecule has 7 heteroatoms. The van der Waals surface area contributed by atoms with Crippen LogP contribution in [0.5, 0.6) is 0 Å². The first-order chi connectivity index (χ1) is 6.29. The predicted molar refractivity (Wildman–Crippen MR) is 41.6 cm³/mol. The van der Waals surface area contributed by atoms with Gasteiger partial charge in [-0.3, -0.25) is 4.55 Å². The van der Waals surface area contributed by atoms with Crippen LogP contribution in [0, 0.1) is 17.5 Å². The van der Waals surface area contributed by atoms with Gasteiger partial charge in [0.1, 0.15) is 5.75 Å². The Morgan fingerprint density at radius 2 is 1.57 bits per heavy atom. The largest absolute Gasteiger partial charge is 0.285 e. The van der Waals surface area contributed by atoms with Gasteiger partial charge in [0.05, 0.1) is 0 Å². The first kappa shape index (κ1) is 11.0. The number of rotatable bonds is 2. The Labute approximate surface area is 77.9 Å². The van der Waals surface area contributed by atoms with E-state index in [2.05, 4.69) is 0 Å². The molecule has 0 amide bonds. The van der Waals surface area contributed by atoms with Gasteiger partial charge in [-0.2, -0.15) is 8.42 Å². The minimum absolute atomic E-state index is 0.357. The van der Waals surface area contributed by atoms with Gasteiger partial charge >= 0.3 is 0 Å². The van der Waals surface area contributed by atoms with E-state index in [9.17, 15) is 21.6 Å². The summed E-state index contributed by atoms with van der Waals surface area (Å²) in [7, 11) is -4.38. The summed E-state index contributed by atoms with van der Waals surface area (Å²) in [6.45, 7) is 0. The van der Waals surface area contributed by atoms with E-state index in [1.807, 2.05) is 0 Å². The van der Waals surface area contributed by atoms with Crippen molar-refractivity contribution in [1.29, 1.82) is 0 Å². The normalized spacial score (nSPS) is 11.7. The molecule has 78 valence electrons. The van der Waals surface area contributed by atoms with Crippen molar-refractivity contribution in [2.75, 3.05) is 0 Å². The number of hydrogen-bond acceptors (Lipinski definition) is 2. The summed E-state index contributed by atoms with van der Waals surface area (Å²) in [5, 5.41) is 0. The lowest BCUT2D eigenvalue weighted by molar-refractivity contribution is 0.445. The van der Waals surface area contributed by atoms with Crippen molar-refractivity contribution in [3.05, 3.63) is 35.1 Å². The van der Waals surface area contributed by atoms with Crippen LogP contribution < -0.4 is 0 Å². The molecule has 3 nitrogen and oxygen atoms in total. The van der Waals surface area contributed by atoms with E-state index in [4.69, 9.17) is 4.55 Å². The molecule has 0 aliphatic heterocycles. The average molecular weight is 226 g/mol. The molecule has 0 saturated carbocycles. The second-order valence-corrected chi connectivity index (χ2v) is 4.05. The minimum atomic E-state index is -4.38. The van der Waals surface area contributed by atoms with Gasteiger partial charge in [0, 0.05) is 0 Å². The van der Waals surface area contributed by atoms with E-state index >= 15 is 0 Å². The van der Waals surface area contributed by atoms with Crippen LogP contribution in [0.4, 0.5) is 13.2 Å². The monoisotopic (exact) mass is 226 g/mol. The Kier molecular flexibility index (Phi) is 2.81. The molecule has 0 radical (unpaired) electrons. The Morgan fingerprint density at radius 1 is 1.14 bits per heavy atom. The third-order valence-electron chi connectivity index (χ3n) is 1.39. The van der Waals surface area contributed by atoms with Crippen LogP contribution in [0.15, 0.2) is 12.1 Å². The van der Waals surface area contributed by atoms with E-state index in [0.717, 1.165) is 0 Å². The zero-order valence-electron chi connectivity index (χ0n) is 6.67. The molecule has 0 heterocycles. The second-order valence-electron chi connectivity index (χ2n) is 2.60. The second kappa shape index (κ2) is 3.58. The molecule has 0 bridgehead atoms. The van der Waals surface area contributed by atoms with Crippen LogP contribution >= 0.6 is 0 Å². The van der Waals surface area contributed by atoms with Crippen molar-refractivity contribution in [1.82, 2.24) is 0 Å². The molecule has 1 rings (SSSR count). The van der Waals surface area contributed by atoms with Gasteiger partial charge in [-0.15, -0.1) is 0 Å². The molecule has 0 unspecified atom stereocenters. The van der Waals surface area contributed by atoms with Gasteiger partial charge in [-0.05, 0) is 17.7 Å². The highest BCUT2D eigenvalue weighted by Crippen LogP contribution is 2.15. The molecule has 0 aromatic heterocycles. The fourth-order valence-electron chi connectivity index (χ4n) is 0.902. The molecular formula is C7H5F3O3S. The van der Waals surface area contributed by atoms with Gasteiger partial charge in [0.2, 0.25) is 0 Å². The molecule has 1 N–H and O–H groups in total. The molecule has 14 heavy (non-hydrogen) atoms. The highest BCUT2D eigenvalue weighted by Gasteiger charge is 2.14. The fourth-order valence-corrected chi connectivity index (χ4v) is 1.49. The van der Waals surface area contributed by atoms with E-state index < -0.39 is 33.3 Å². The number of benzene rings is 1. The maximum atomic E-state index is 12.5. The summed E-state index contributed by atoms with van der Waals surface area (Å²) >= 11 is 0. The van der Waals surface area contributed by atoms with Crippen LogP contribution in [0.3, 0.4) is 0 Å². The maximum Gasteiger partial charge on any atom is 0.269 e. The lowest BCUT2D eigenvalue weighted by atomic mass is 10.2. The summed E-state index contributed by atoms with van der Waals surface area (Å²) < 4.78 is 66.4. The summed E-state index contributed by atoms with van der Waals surface area (Å²) in [4.78, 5) is 0. The van der Waals surface area contributed by atoms with Gasteiger partial charge in [0.15, 0.2) is 17.5 Å². The standard InChI is InChI=1S/C7H5F3O3S/c8-5-1-4(3-14(11,12)13)2-6(9)7(5)10/h1-2H,3H2,(H,11,12,13). The third-order valence-corrected chi connectivity index (χ3v) is 2.09. The van der Waals surface area contributed by atoms with Crippen molar-refractivity contribution < 1.29 is 26.1 Å². The molecule has 0 fully saturated rings. The summed E-state index contributed by atoms with van der Waals surface area (Å²) in [5.41, 5.74) is -0.357. The van der Waals surface area contributed by atoms with Gasteiger partial charge in [-0.1, -0.05) is 0 Å². The lowest BCUT2D eigenvalue weighted by Gasteiger charge is -2.00. The maximum absolute atomic E-state index is 12.5. The van der Waals surface area contributed by atoms with E-state index in [1.54, 1.807) is 0 Å². The minimum Gasteiger partial charge on any atom is -0.285 e. The highest BCUT2D eigenvalue weighted by atomic mass is 32.2. The van der Waals surface area contributed by atoms with E-state index in [1.165, 1.54) is 0 Å². The topological polar surface area (TPSA) is 54.4 Å². The zero-order valence-corrected chi connectivity index (χ0v) is 7.48. The molecule has 1 aromatic rings. The van der Waals surface area contributed by atoms with Crippen LogP contribution in [0.2, 0.25) is 0 Å². The highest BCUT2D eigenvalue weighted by molar-refractivity contribution is 7.85. The third kappa shape index (κ3) is 2.71. The molecule has 0 aliphatic carbocycles. The zero-order chi connectivity index (χ0) is 10.9. The smallest absolute Gasteiger partial charge is 0.269 e. The van der Waals surface area contributed by atoms with Crippen molar-refractivity contribution in [2.45, 2.75) is 5.75 Å². The Bertz CT molecular complexity index is 432. The molecule has 0 saturated heterocycles. The summed E-state index contributed by atoms with van der Waals surface area (Å²) in [6.07, 6.45) is 0. The summed E-state index contributed by atoms with van der Waals surface area (Å²) in [6, 6.07) is 1.01. The van der Waals surface area contributed by atoms with Gasteiger partial charge in [-0.25, -0.2) is 13.2 Å². The summed E-state index contributed by atoms with van der Waals surface area (Å²) in [5.74, 6) is -5.63. The fraction of sp³-hybridized carbons (Fsp3) is 0.143. The van der Waals surface area contributed by atoms with Crippen LogP contribution in [-0.2, 0) is 15.9 Å². The van der Waals surface area contributed by atoms with Crippen molar-refractivity contribution in [2.24, 2.45) is 0 Å². The molecule has 0 atom stereocenters. The van der Waals surface area contributed by atoms with Gasteiger partial charge in [0.25, 0.3) is 10.1 Å². The van der Waals surface area contributed by atoms with E-state index in [-0.39, 0.29) is 5.56 Å². The average Bonchev–Trinajstić information content (AvgIpc) is 1.96. The number of hydrogen-bond donors (Lipinski definition) is 1. The first-order valence-electron chi connectivity index (χ1n) is 3.38. The predicted octanol–water partition coefficient (Wildman–Crippen LogP) is 1.49. The van der Waals surface area contributed by atoms with Crippen molar-refractivity contribution in [3.8, 4) is 0 Å². The SMILES string of the molecule is O=S(=O)(O)Cc1cc(F)c(F)c(F)c1. The molecule has 0 spiro atoms. The van der Waals surface area contributed by atoms with Crippen LogP contribution in [0.25, 0.3) is 0 Å². The Hall–Kier alpha value is -1.08. The van der Waals surface area contributed by atoms with Crippen LogP contribution in [0.1, 0.15) is 5.56 Å². The van der Waals surface area contributed by atoms with Crippen molar-refractivity contribution >= 4 is 10.1 Å². The first-order valence-corrected chi connectivity index (χ1v) is 4.99. The molecule has 1 aromatic carbocycles. The van der Waals surface area contributed by atoms with Crippen LogP contribution in [-0.4, -0.2) is 13.0 Å². The quantitative estimate of drug-likeness (QED) is 0.614. The molecular weight excluding hydrogens is 221 g/mol. The number of halogens is 3. The Morgan fingerprint density at radius 3 is 1.93 bits per heavy atom. The molecule has 0 aliphatic rings. The van der Waals surface area contributed by atoms with Crippen molar-refractivity contribution in [3.63, 3.8) is 0 Å². The van der Waals surface area contributed by atoms with E-state index in [0.29, 0.717) is 12.1 Å².